The van der Waals surface area contributed by atoms with Crippen LogP contribution < -0.4 is 11.1 Å². The lowest BCUT2D eigenvalue weighted by Gasteiger charge is -2.39. The first-order valence-electron chi connectivity index (χ1n) is 7.09. The molecule has 1 saturated heterocycles. The number of piperidine rings is 1. The largest absolute Gasteiger partial charge is 0.481 e. The van der Waals surface area contributed by atoms with Crippen molar-refractivity contribution in [1.29, 1.82) is 0 Å². The van der Waals surface area contributed by atoms with Crippen molar-refractivity contribution in [3.05, 3.63) is 0 Å². The maximum absolute atomic E-state index is 12.0. The fourth-order valence-electron chi connectivity index (χ4n) is 2.69. The SMILES string of the molecule is CCCC1(C(=O)O)CCCN(C(=O)NCCOC(N)=O)C1. The fraction of sp³-hybridized carbons (Fsp3) is 0.769. The molecule has 8 nitrogen and oxygen atoms in total. The molecule has 1 fully saturated rings. The topological polar surface area (TPSA) is 122 Å². The molecule has 0 radical (unpaired) electrons. The summed E-state index contributed by atoms with van der Waals surface area (Å²) in [6.45, 7) is 2.81. The lowest BCUT2D eigenvalue weighted by Crippen LogP contribution is -2.53. The second kappa shape index (κ2) is 7.70. The summed E-state index contributed by atoms with van der Waals surface area (Å²) in [5, 5.41) is 12.1. The predicted octanol–water partition coefficient (Wildman–Crippen LogP) is 0.758. The Kier molecular flexibility index (Phi) is 6.26. The van der Waals surface area contributed by atoms with Crippen LogP contribution in [0.5, 0.6) is 0 Å². The Morgan fingerprint density at radius 3 is 2.71 bits per heavy atom. The van der Waals surface area contributed by atoms with Crippen molar-refractivity contribution in [2.24, 2.45) is 11.1 Å². The van der Waals surface area contributed by atoms with Gasteiger partial charge in [0.25, 0.3) is 0 Å². The van der Waals surface area contributed by atoms with E-state index in [2.05, 4.69) is 10.1 Å². The molecule has 1 unspecified atom stereocenters. The molecule has 8 heteroatoms. The number of amides is 3. The van der Waals surface area contributed by atoms with E-state index in [0.717, 1.165) is 6.42 Å². The van der Waals surface area contributed by atoms with Crippen LogP contribution in [0.15, 0.2) is 0 Å². The van der Waals surface area contributed by atoms with Crippen LogP contribution in [-0.2, 0) is 9.53 Å². The Morgan fingerprint density at radius 1 is 1.43 bits per heavy atom. The van der Waals surface area contributed by atoms with E-state index in [1.807, 2.05) is 6.92 Å². The molecule has 4 N–H and O–H groups in total. The highest BCUT2D eigenvalue weighted by Crippen LogP contribution is 2.35. The number of hydrogen-bond donors (Lipinski definition) is 3. The molecule has 21 heavy (non-hydrogen) atoms. The lowest BCUT2D eigenvalue weighted by molar-refractivity contribution is -0.152. The highest BCUT2D eigenvalue weighted by molar-refractivity contribution is 5.78. The van der Waals surface area contributed by atoms with E-state index in [0.29, 0.717) is 25.8 Å². The number of nitrogens with one attached hydrogen (secondary N) is 1. The average molecular weight is 301 g/mol. The van der Waals surface area contributed by atoms with Crippen LogP contribution >= 0.6 is 0 Å². The Hall–Kier alpha value is -1.99. The van der Waals surface area contributed by atoms with Crippen molar-refractivity contribution in [3.8, 4) is 0 Å². The summed E-state index contributed by atoms with van der Waals surface area (Å²) in [5.41, 5.74) is 3.95. The van der Waals surface area contributed by atoms with Gasteiger partial charge in [0.15, 0.2) is 0 Å². The monoisotopic (exact) mass is 301 g/mol. The van der Waals surface area contributed by atoms with Crippen LogP contribution in [0.25, 0.3) is 0 Å². The molecule has 0 aromatic rings. The normalized spacial score (nSPS) is 21.7. The number of ether oxygens (including phenoxy) is 1. The third-order valence-corrected chi connectivity index (χ3v) is 3.67. The quantitative estimate of drug-likeness (QED) is 0.625. The number of urea groups is 1. The molecule has 1 heterocycles. The van der Waals surface area contributed by atoms with Gasteiger partial charge in [-0.15, -0.1) is 0 Å². The van der Waals surface area contributed by atoms with Gasteiger partial charge in [0.05, 0.1) is 12.0 Å². The van der Waals surface area contributed by atoms with Crippen LogP contribution in [0.1, 0.15) is 32.6 Å². The lowest BCUT2D eigenvalue weighted by atomic mass is 9.76. The van der Waals surface area contributed by atoms with Crippen molar-refractivity contribution >= 4 is 18.1 Å². The molecular weight excluding hydrogens is 278 g/mol. The third-order valence-electron chi connectivity index (χ3n) is 3.67. The number of carboxylic acids is 1. The maximum Gasteiger partial charge on any atom is 0.404 e. The van der Waals surface area contributed by atoms with Crippen molar-refractivity contribution in [3.63, 3.8) is 0 Å². The first-order chi connectivity index (χ1) is 9.91. The standard InChI is InChI=1S/C13H23N3O5/c1-2-4-13(10(17)18)5-3-7-16(9-13)12(20)15-6-8-21-11(14)19/h2-9H2,1H3,(H2,14,19)(H,15,20)(H,17,18). The molecule has 0 aromatic carbocycles. The number of carbonyl (C=O) groups is 3. The molecule has 1 aliphatic rings. The van der Waals surface area contributed by atoms with E-state index in [1.165, 1.54) is 4.90 Å². The zero-order valence-corrected chi connectivity index (χ0v) is 12.3. The smallest absolute Gasteiger partial charge is 0.404 e. The number of nitrogens with zero attached hydrogens (tertiary/aromatic N) is 1. The van der Waals surface area contributed by atoms with Gasteiger partial charge in [-0.1, -0.05) is 13.3 Å². The van der Waals surface area contributed by atoms with Gasteiger partial charge in [0, 0.05) is 13.1 Å². The number of nitrogens with two attached hydrogens (primary N) is 1. The minimum atomic E-state index is -0.893. The first-order valence-corrected chi connectivity index (χ1v) is 7.09. The molecule has 0 aliphatic carbocycles. The van der Waals surface area contributed by atoms with E-state index < -0.39 is 17.5 Å². The molecule has 1 rings (SSSR count). The van der Waals surface area contributed by atoms with Crippen molar-refractivity contribution in [1.82, 2.24) is 10.2 Å². The zero-order valence-electron chi connectivity index (χ0n) is 12.3. The molecule has 3 amide bonds. The van der Waals surface area contributed by atoms with Gasteiger partial charge in [-0.2, -0.15) is 0 Å². The predicted molar refractivity (Wildman–Crippen MR) is 74.7 cm³/mol. The van der Waals surface area contributed by atoms with Crippen molar-refractivity contribution in [2.45, 2.75) is 32.6 Å². The molecule has 1 aliphatic heterocycles. The van der Waals surface area contributed by atoms with Crippen LogP contribution in [-0.4, -0.2) is 54.3 Å². The van der Waals surface area contributed by atoms with E-state index in [9.17, 15) is 19.5 Å². The van der Waals surface area contributed by atoms with Crippen molar-refractivity contribution < 1.29 is 24.2 Å². The number of rotatable bonds is 6. The minimum Gasteiger partial charge on any atom is -0.481 e. The summed E-state index contributed by atoms with van der Waals surface area (Å²) in [6, 6.07) is -0.343. The number of primary amides is 1. The van der Waals surface area contributed by atoms with Crippen LogP contribution in [0, 0.1) is 5.41 Å². The Balaban J connectivity index is 2.52. The second-order valence-corrected chi connectivity index (χ2v) is 5.26. The summed E-state index contributed by atoms with van der Waals surface area (Å²) in [6.07, 6.45) is 1.67. The molecule has 0 spiro atoms. The number of carboxylic acid groups (broad SMARTS) is 1. The average Bonchev–Trinajstić information content (AvgIpc) is 2.43. The minimum absolute atomic E-state index is 0.00601. The van der Waals surface area contributed by atoms with Gasteiger partial charge in [-0.05, 0) is 19.3 Å². The highest BCUT2D eigenvalue weighted by atomic mass is 16.5. The molecule has 0 bridgehead atoms. The molecular formula is C13H23N3O5. The molecule has 0 aromatic heterocycles. The van der Waals surface area contributed by atoms with E-state index in [-0.39, 0.29) is 25.7 Å². The summed E-state index contributed by atoms with van der Waals surface area (Å²) < 4.78 is 4.51. The molecule has 1 atom stereocenters. The summed E-state index contributed by atoms with van der Waals surface area (Å²) in [7, 11) is 0. The first kappa shape index (κ1) is 17.1. The summed E-state index contributed by atoms with van der Waals surface area (Å²) in [4.78, 5) is 35.4. The fourth-order valence-corrected chi connectivity index (χ4v) is 2.69. The Bertz CT molecular complexity index is 397. The van der Waals surface area contributed by atoms with Crippen LogP contribution in [0.2, 0.25) is 0 Å². The van der Waals surface area contributed by atoms with Crippen LogP contribution in [0.3, 0.4) is 0 Å². The number of likely N-dealkylation sites (tertiary alicyclic amines) is 1. The Labute approximate surface area is 123 Å². The summed E-state index contributed by atoms with van der Waals surface area (Å²) >= 11 is 0. The van der Waals surface area contributed by atoms with E-state index in [1.54, 1.807) is 0 Å². The van der Waals surface area contributed by atoms with Crippen molar-refractivity contribution in [2.75, 3.05) is 26.2 Å². The van der Waals surface area contributed by atoms with Gasteiger partial charge in [0.2, 0.25) is 0 Å². The maximum atomic E-state index is 12.0. The third kappa shape index (κ3) is 4.80. The highest BCUT2D eigenvalue weighted by Gasteiger charge is 2.42. The number of hydrogen-bond acceptors (Lipinski definition) is 4. The van der Waals surface area contributed by atoms with Gasteiger partial charge in [-0.3, -0.25) is 4.79 Å². The van der Waals surface area contributed by atoms with Gasteiger partial charge in [-0.25, -0.2) is 9.59 Å². The van der Waals surface area contributed by atoms with E-state index in [4.69, 9.17) is 5.73 Å². The number of aliphatic carboxylic acids is 1. The second-order valence-electron chi connectivity index (χ2n) is 5.26. The van der Waals surface area contributed by atoms with E-state index >= 15 is 0 Å². The molecule has 120 valence electrons. The zero-order chi connectivity index (χ0) is 15.9. The summed E-state index contributed by atoms with van der Waals surface area (Å²) in [5.74, 6) is -0.848. The van der Waals surface area contributed by atoms with Gasteiger partial charge >= 0.3 is 18.1 Å². The number of carbonyl (C=O) groups excluding carboxylic acids is 2. The molecule has 0 saturated carbocycles. The van der Waals surface area contributed by atoms with Gasteiger partial charge < -0.3 is 25.8 Å². The van der Waals surface area contributed by atoms with Gasteiger partial charge in [0.1, 0.15) is 6.61 Å². The Morgan fingerprint density at radius 2 is 2.14 bits per heavy atom. The van der Waals surface area contributed by atoms with Crippen LogP contribution in [0.4, 0.5) is 9.59 Å².